The fourth-order valence-corrected chi connectivity index (χ4v) is 1.80. The Hall–Kier alpha value is -2.37. The van der Waals surface area contributed by atoms with Crippen LogP contribution < -0.4 is 14.8 Å². The fourth-order valence-electron chi connectivity index (χ4n) is 1.80. The van der Waals surface area contributed by atoms with Gasteiger partial charge < -0.3 is 14.8 Å². The molecule has 0 aliphatic rings. The second-order valence-corrected chi connectivity index (χ2v) is 4.22. The van der Waals surface area contributed by atoms with Gasteiger partial charge in [0.25, 0.3) is 0 Å². The molecule has 0 heterocycles. The van der Waals surface area contributed by atoms with Crippen LogP contribution in [0.2, 0.25) is 0 Å². The number of methoxy groups -OCH3 is 1. The minimum Gasteiger partial charge on any atom is -0.494 e. The van der Waals surface area contributed by atoms with Crippen molar-refractivity contribution >= 4 is 5.69 Å². The van der Waals surface area contributed by atoms with E-state index >= 15 is 0 Å². The first-order valence-corrected chi connectivity index (χ1v) is 6.19. The van der Waals surface area contributed by atoms with Crippen LogP contribution in [-0.4, -0.2) is 13.7 Å². The van der Waals surface area contributed by atoms with Gasteiger partial charge in [-0.1, -0.05) is 12.1 Å². The third-order valence-corrected chi connectivity index (χ3v) is 2.80. The number of ether oxygens (including phenoxy) is 2. The molecule has 0 unspecified atom stereocenters. The molecule has 0 saturated carbocycles. The van der Waals surface area contributed by atoms with Crippen molar-refractivity contribution in [3.05, 3.63) is 53.8 Å². The summed E-state index contributed by atoms with van der Waals surface area (Å²) in [4.78, 5) is 0. The molecular weight excluding hydrogens is 283 g/mol. The Morgan fingerprint density at radius 3 is 2.43 bits per heavy atom. The highest BCUT2D eigenvalue weighted by atomic mass is 19.3. The summed E-state index contributed by atoms with van der Waals surface area (Å²) in [6.07, 6.45) is 0. The summed E-state index contributed by atoms with van der Waals surface area (Å²) in [7, 11) is 1.45. The average molecular weight is 297 g/mol. The average Bonchev–Trinajstić information content (AvgIpc) is 2.46. The maximum absolute atomic E-state index is 13.1. The molecule has 2 aromatic rings. The summed E-state index contributed by atoms with van der Waals surface area (Å²) in [5.74, 6) is 0.117. The zero-order valence-corrected chi connectivity index (χ0v) is 11.3. The number of nitrogens with one attached hydrogen (secondary N) is 1. The number of halogens is 3. The molecule has 2 rings (SSSR count). The summed E-state index contributed by atoms with van der Waals surface area (Å²) in [6.45, 7) is -2.39. The van der Waals surface area contributed by atoms with Crippen LogP contribution in [0.3, 0.4) is 0 Å². The van der Waals surface area contributed by atoms with Crippen LogP contribution in [0, 0.1) is 5.82 Å². The van der Waals surface area contributed by atoms with Gasteiger partial charge in [0.2, 0.25) is 0 Å². The molecule has 2 aromatic carbocycles. The smallest absolute Gasteiger partial charge is 0.387 e. The van der Waals surface area contributed by atoms with Gasteiger partial charge in [0.15, 0.2) is 0 Å². The molecule has 0 aliphatic heterocycles. The Bertz CT molecular complexity index is 588. The van der Waals surface area contributed by atoms with Crippen LogP contribution in [0.25, 0.3) is 0 Å². The Balaban J connectivity index is 2.00. The van der Waals surface area contributed by atoms with E-state index in [9.17, 15) is 13.2 Å². The van der Waals surface area contributed by atoms with Crippen LogP contribution in [0.4, 0.5) is 18.9 Å². The highest BCUT2D eigenvalue weighted by molar-refractivity contribution is 5.56. The minimum atomic E-state index is -2.84. The number of rotatable bonds is 6. The van der Waals surface area contributed by atoms with Crippen LogP contribution >= 0.6 is 0 Å². The topological polar surface area (TPSA) is 30.5 Å². The van der Waals surface area contributed by atoms with E-state index in [1.807, 2.05) is 0 Å². The molecule has 0 bridgehead atoms. The Morgan fingerprint density at radius 1 is 1.10 bits per heavy atom. The molecular formula is C15H14F3NO2. The van der Waals surface area contributed by atoms with E-state index < -0.39 is 6.61 Å². The maximum atomic E-state index is 13.1. The first-order chi connectivity index (χ1) is 10.1. The minimum absolute atomic E-state index is 0.105. The van der Waals surface area contributed by atoms with Gasteiger partial charge in [-0.15, -0.1) is 0 Å². The van der Waals surface area contributed by atoms with E-state index in [0.717, 1.165) is 5.56 Å². The number of anilines is 1. The zero-order valence-electron chi connectivity index (χ0n) is 11.3. The molecule has 1 N–H and O–H groups in total. The summed E-state index contributed by atoms with van der Waals surface area (Å²) in [6, 6.07) is 10.4. The maximum Gasteiger partial charge on any atom is 0.387 e. The Morgan fingerprint density at radius 2 is 1.81 bits per heavy atom. The number of hydrogen-bond acceptors (Lipinski definition) is 3. The van der Waals surface area contributed by atoms with Crippen LogP contribution in [0.1, 0.15) is 5.56 Å². The van der Waals surface area contributed by atoms with Crippen molar-refractivity contribution in [1.82, 2.24) is 0 Å². The number of benzene rings is 2. The lowest BCUT2D eigenvalue weighted by atomic mass is 10.2. The lowest BCUT2D eigenvalue weighted by Crippen LogP contribution is -2.03. The van der Waals surface area contributed by atoms with E-state index in [-0.39, 0.29) is 11.6 Å². The van der Waals surface area contributed by atoms with Gasteiger partial charge in [-0.25, -0.2) is 4.39 Å². The van der Waals surface area contributed by atoms with E-state index in [4.69, 9.17) is 4.74 Å². The predicted molar refractivity (Wildman–Crippen MR) is 73.4 cm³/mol. The molecule has 0 aromatic heterocycles. The molecule has 0 saturated heterocycles. The highest BCUT2D eigenvalue weighted by Gasteiger charge is 2.06. The van der Waals surface area contributed by atoms with Gasteiger partial charge in [0.05, 0.1) is 12.8 Å². The van der Waals surface area contributed by atoms with Crippen molar-refractivity contribution in [1.29, 1.82) is 0 Å². The summed E-state index contributed by atoms with van der Waals surface area (Å²) >= 11 is 0. The third kappa shape index (κ3) is 4.30. The van der Waals surface area contributed by atoms with Gasteiger partial charge in [-0.3, -0.25) is 0 Å². The van der Waals surface area contributed by atoms with Crippen LogP contribution in [0.15, 0.2) is 42.5 Å². The molecule has 0 fully saturated rings. The van der Waals surface area contributed by atoms with E-state index in [0.29, 0.717) is 18.0 Å². The van der Waals surface area contributed by atoms with Crippen LogP contribution in [-0.2, 0) is 6.54 Å². The van der Waals surface area contributed by atoms with E-state index in [1.165, 1.54) is 31.4 Å². The van der Waals surface area contributed by atoms with Crippen LogP contribution in [0.5, 0.6) is 11.5 Å². The van der Waals surface area contributed by atoms with Crippen molar-refractivity contribution in [3.8, 4) is 11.5 Å². The molecule has 6 heteroatoms. The lowest BCUT2D eigenvalue weighted by molar-refractivity contribution is -0.0498. The standard InChI is InChI=1S/C15H14F3NO2/c1-20-14-8-11(16)4-7-13(14)19-9-10-2-5-12(6-3-10)21-15(17)18/h2-8,15,19H,9H2,1H3. The van der Waals surface area contributed by atoms with E-state index in [1.54, 1.807) is 18.2 Å². The lowest BCUT2D eigenvalue weighted by Gasteiger charge is -2.11. The fraction of sp³-hybridized carbons (Fsp3) is 0.200. The van der Waals surface area contributed by atoms with Gasteiger partial charge in [-0.05, 0) is 29.8 Å². The summed E-state index contributed by atoms with van der Waals surface area (Å²) in [5.41, 5.74) is 1.51. The molecule has 0 atom stereocenters. The number of alkyl halides is 2. The molecule has 3 nitrogen and oxygen atoms in total. The SMILES string of the molecule is COc1cc(F)ccc1NCc1ccc(OC(F)F)cc1. The highest BCUT2D eigenvalue weighted by Crippen LogP contribution is 2.25. The van der Waals surface area contributed by atoms with E-state index in [2.05, 4.69) is 10.1 Å². The monoisotopic (exact) mass is 297 g/mol. The summed E-state index contributed by atoms with van der Waals surface area (Å²) in [5, 5.41) is 3.09. The molecule has 0 aliphatic carbocycles. The quantitative estimate of drug-likeness (QED) is 0.872. The third-order valence-electron chi connectivity index (χ3n) is 2.80. The first kappa shape index (κ1) is 15.0. The molecule has 0 radical (unpaired) electrons. The number of hydrogen-bond donors (Lipinski definition) is 1. The molecule has 0 amide bonds. The van der Waals surface area contributed by atoms with Crippen molar-refractivity contribution in [2.24, 2.45) is 0 Å². The second-order valence-electron chi connectivity index (χ2n) is 4.22. The summed E-state index contributed by atoms with van der Waals surface area (Å²) < 4.78 is 46.5. The molecule has 21 heavy (non-hydrogen) atoms. The van der Waals surface area contributed by atoms with Crippen molar-refractivity contribution in [2.45, 2.75) is 13.2 Å². The van der Waals surface area contributed by atoms with Gasteiger partial charge in [0.1, 0.15) is 17.3 Å². The van der Waals surface area contributed by atoms with Gasteiger partial charge >= 0.3 is 6.61 Å². The van der Waals surface area contributed by atoms with Crippen molar-refractivity contribution in [3.63, 3.8) is 0 Å². The van der Waals surface area contributed by atoms with Gasteiger partial charge in [-0.2, -0.15) is 8.78 Å². The Labute approximate surface area is 120 Å². The second kappa shape index (κ2) is 6.88. The van der Waals surface area contributed by atoms with Gasteiger partial charge in [0, 0.05) is 12.6 Å². The first-order valence-electron chi connectivity index (χ1n) is 6.19. The zero-order chi connectivity index (χ0) is 15.2. The van der Waals surface area contributed by atoms with Crippen molar-refractivity contribution in [2.75, 3.05) is 12.4 Å². The molecule has 0 spiro atoms. The molecule has 112 valence electrons. The predicted octanol–water partition coefficient (Wildman–Crippen LogP) is 4.05. The Kier molecular flexibility index (Phi) is 4.92. The normalized spacial score (nSPS) is 10.5. The largest absolute Gasteiger partial charge is 0.494 e. The van der Waals surface area contributed by atoms with Crippen molar-refractivity contribution < 1.29 is 22.6 Å².